The lowest BCUT2D eigenvalue weighted by Gasteiger charge is -2.10. The zero-order valence-electron chi connectivity index (χ0n) is 7.75. The van der Waals surface area contributed by atoms with Crippen LogP contribution in [-0.4, -0.2) is 18.8 Å². The Morgan fingerprint density at radius 1 is 1.46 bits per heavy atom. The Kier molecular flexibility index (Phi) is 3.99. The Labute approximate surface area is 92.1 Å². The molecule has 0 heterocycles. The van der Waals surface area contributed by atoms with Crippen LogP contribution in [0.5, 0.6) is 5.75 Å². The van der Waals surface area contributed by atoms with Gasteiger partial charge in [0.25, 0.3) is 0 Å². The van der Waals surface area contributed by atoms with Crippen LogP contribution in [0.3, 0.4) is 0 Å². The second-order valence-electron chi connectivity index (χ2n) is 3.01. The molecular formula is C10H13IO2. The van der Waals surface area contributed by atoms with Crippen LogP contribution in [0.25, 0.3) is 0 Å². The number of halogens is 1. The molecule has 0 saturated heterocycles. The van der Waals surface area contributed by atoms with Crippen LogP contribution >= 0.6 is 22.6 Å². The van der Waals surface area contributed by atoms with Gasteiger partial charge in [-0.05, 0) is 46.4 Å². The first-order valence-corrected chi connectivity index (χ1v) is 5.20. The van der Waals surface area contributed by atoms with Crippen LogP contribution in [0.1, 0.15) is 18.4 Å². The smallest absolute Gasteiger partial charge is 0.120 e. The van der Waals surface area contributed by atoms with Crippen molar-refractivity contribution >= 4 is 22.6 Å². The van der Waals surface area contributed by atoms with Gasteiger partial charge in [0.05, 0.1) is 7.11 Å². The molecular weight excluding hydrogens is 279 g/mol. The summed E-state index contributed by atoms with van der Waals surface area (Å²) in [5.74, 6) is 1.02. The molecule has 3 heteroatoms. The van der Waals surface area contributed by atoms with Gasteiger partial charge in [0, 0.05) is 16.1 Å². The normalized spacial score (nSPS) is 12.6. The van der Waals surface area contributed by atoms with E-state index in [4.69, 9.17) is 9.84 Å². The second kappa shape index (κ2) is 4.81. The van der Waals surface area contributed by atoms with Crippen molar-refractivity contribution in [1.29, 1.82) is 0 Å². The average Bonchev–Trinajstić information content (AvgIpc) is 2.15. The standard InChI is InChI=1S/C10H13IO2/c1-7(6-12)8-3-9(11)5-10(4-8)13-2/h3-5,7,12H,6H2,1-2H3. The van der Waals surface area contributed by atoms with E-state index >= 15 is 0 Å². The quantitative estimate of drug-likeness (QED) is 0.867. The van der Waals surface area contributed by atoms with Gasteiger partial charge in [0.1, 0.15) is 5.75 Å². The number of aliphatic hydroxyl groups excluding tert-OH is 1. The molecule has 0 fully saturated rings. The van der Waals surface area contributed by atoms with Gasteiger partial charge in [0.15, 0.2) is 0 Å². The summed E-state index contributed by atoms with van der Waals surface area (Å²) in [6.45, 7) is 2.16. The molecule has 1 aromatic carbocycles. The number of rotatable bonds is 3. The fourth-order valence-electron chi connectivity index (χ4n) is 1.09. The summed E-state index contributed by atoms with van der Waals surface area (Å²) in [5.41, 5.74) is 1.12. The highest BCUT2D eigenvalue weighted by Gasteiger charge is 2.06. The summed E-state index contributed by atoms with van der Waals surface area (Å²) in [4.78, 5) is 0. The van der Waals surface area contributed by atoms with Gasteiger partial charge in [-0.2, -0.15) is 0 Å². The molecule has 1 unspecified atom stereocenters. The van der Waals surface area contributed by atoms with Crippen molar-refractivity contribution in [2.24, 2.45) is 0 Å². The maximum absolute atomic E-state index is 9.00. The lowest BCUT2D eigenvalue weighted by molar-refractivity contribution is 0.272. The monoisotopic (exact) mass is 292 g/mol. The first kappa shape index (κ1) is 10.8. The first-order chi connectivity index (χ1) is 6.17. The highest BCUT2D eigenvalue weighted by Crippen LogP contribution is 2.23. The molecule has 0 aromatic heterocycles. The minimum atomic E-state index is 0.170. The number of benzene rings is 1. The SMILES string of the molecule is COc1cc(I)cc(C(C)CO)c1. The van der Waals surface area contributed by atoms with E-state index in [9.17, 15) is 0 Å². The highest BCUT2D eigenvalue weighted by molar-refractivity contribution is 14.1. The molecule has 1 aromatic rings. The number of hydrogen-bond donors (Lipinski definition) is 1. The van der Waals surface area contributed by atoms with E-state index in [1.165, 1.54) is 0 Å². The van der Waals surface area contributed by atoms with Crippen LogP contribution < -0.4 is 4.74 Å². The maximum Gasteiger partial charge on any atom is 0.120 e. The van der Waals surface area contributed by atoms with Gasteiger partial charge >= 0.3 is 0 Å². The second-order valence-corrected chi connectivity index (χ2v) is 4.25. The Hall–Kier alpha value is -0.290. The minimum absolute atomic E-state index is 0.170. The van der Waals surface area contributed by atoms with Crippen LogP contribution in [0.4, 0.5) is 0 Å². The zero-order valence-corrected chi connectivity index (χ0v) is 9.91. The molecule has 1 atom stereocenters. The van der Waals surface area contributed by atoms with Crippen molar-refractivity contribution in [3.63, 3.8) is 0 Å². The van der Waals surface area contributed by atoms with E-state index in [0.29, 0.717) is 0 Å². The third-order valence-corrected chi connectivity index (χ3v) is 2.60. The van der Waals surface area contributed by atoms with Gasteiger partial charge in [-0.15, -0.1) is 0 Å². The van der Waals surface area contributed by atoms with Gasteiger partial charge < -0.3 is 9.84 Å². The average molecular weight is 292 g/mol. The molecule has 0 spiro atoms. The van der Waals surface area contributed by atoms with Crippen LogP contribution in [-0.2, 0) is 0 Å². The molecule has 13 heavy (non-hydrogen) atoms. The van der Waals surface area contributed by atoms with Crippen molar-refractivity contribution in [3.8, 4) is 5.75 Å². The number of aliphatic hydroxyl groups is 1. The predicted octanol–water partition coefficient (Wildman–Crippen LogP) is 2.40. The summed E-state index contributed by atoms with van der Waals surface area (Å²) in [5, 5.41) is 9.00. The molecule has 0 amide bonds. The lowest BCUT2D eigenvalue weighted by atomic mass is 10.0. The molecule has 0 saturated carbocycles. The van der Waals surface area contributed by atoms with E-state index in [-0.39, 0.29) is 12.5 Å². The predicted molar refractivity (Wildman–Crippen MR) is 61.2 cm³/mol. The van der Waals surface area contributed by atoms with Gasteiger partial charge in [-0.3, -0.25) is 0 Å². The van der Waals surface area contributed by atoms with Crippen LogP contribution in [0.2, 0.25) is 0 Å². The number of hydrogen-bond acceptors (Lipinski definition) is 2. The molecule has 0 radical (unpaired) electrons. The van der Waals surface area contributed by atoms with Crippen LogP contribution in [0, 0.1) is 3.57 Å². The number of ether oxygens (including phenoxy) is 1. The maximum atomic E-state index is 9.00. The van der Waals surface area contributed by atoms with Gasteiger partial charge in [-0.25, -0.2) is 0 Å². The van der Waals surface area contributed by atoms with E-state index in [1.54, 1.807) is 7.11 Å². The molecule has 0 aliphatic rings. The first-order valence-electron chi connectivity index (χ1n) is 4.12. The molecule has 1 rings (SSSR count). The molecule has 0 bridgehead atoms. The van der Waals surface area contributed by atoms with Crippen molar-refractivity contribution in [2.75, 3.05) is 13.7 Å². The van der Waals surface area contributed by atoms with E-state index < -0.39 is 0 Å². The molecule has 0 aliphatic heterocycles. The third kappa shape index (κ3) is 2.84. The summed E-state index contributed by atoms with van der Waals surface area (Å²) >= 11 is 2.24. The Balaban J connectivity index is 3.01. The van der Waals surface area contributed by atoms with E-state index in [0.717, 1.165) is 14.9 Å². The summed E-state index contributed by atoms with van der Waals surface area (Å²) in [7, 11) is 1.65. The minimum Gasteiger partial charge on any atom is -0.497 e. The van der Waals surface area contributed by atoms with Gasteiger partial charge in [0.2, 0.25) is 0 Å². The van der Waals surface area contributed by atoms with Crippen molar-refractivity contribution in [2.45, 2.75) is 12.8 Å². The molecule has 2 nitrogen and oxygen atoms in total. The Morgan fingerprint density at radius 3 is 2.69 bits per heavy atom. The van der Waals surface area contributed by atoms with E-state index in [1.807, 2.05) is 19.1 Å². The molecule has 0 aliphatic carbocycles. The van der Waals surface area contributed by atoms with Crippen LogP contribution in [0.15, 0.2) is 18.2 Å². The number of methoxy groups -OCH3 is 1. The Bertz CT molecular complexity index is 286. The zero-order chi connectivity index (χ0) is 9.84. The van der Waals surface area contributed by atoms with E-state index in [2.05, 4.69) is 28.7 Å². The summed E-state index contributed by atoms with van der Waals surface area (Å²) < 4.78 is 6.28. The lowest BCUT2D eigenvalue weighted by Crippen LogP contribution is -1.99. The van der Waals surface area contributed by atoms with Crippen molar-refractivity contribution < 1.29 is 9.84 Å². The van der Waals surface area contributed by atoms with Crippen molar-refractivity contribution in [3.05, 3.63) is 27.3 Å². The topological polar surface area (TPSA) is 29.5 Å². The fourth-order valence-corrected chi connectivity index (χ4v) is 1.76. The summed E-state index contributed by atoms with van der Waals surface area (Å²) in [6, 6.07) is 5.99. The highest BCUT2D eigenvalue weighted by atomic mass is 127. The molecule has 72 valence electrons. The largest absolute Gasteiger partial charge is 0.497 e. The molecule has 1 N–H and O–H groups in total. The van der Waals surface area contributed by atoms with Crippen molar-refractivity contribution in [1.82, 2.24) is 0 Å². The summed E-state index contributed by atoms with van der Waals surface area (Å²) in [6.07, 6.45) is 0. The van der Waals surface area contributed by atoms with Gasteiger partial charge in [-0.1, -0.05) is 6.92 Å². The Morgan fingerprint density at radius 2 is 2.15 bits per heavy atom. The third-order valence-electron chi connectivity index (χ3n) is 1.97. The fraction of sp³-hybridized carbons (Fsp3) is 0.400.